The van der Waals surface area contributed by atoms with Gasteiger partial charge in [0.05, 0.1) is 0 Å². The highest BCUT2D eigenvalue weighted by atomic mass is 14.5. The van der Waals surface area contributed by atoms with Crippen LogP contribution in [0.3, 0.4) is 0 Å². The first-order valence-corrected chi connectivity index (χ1v) is 24.4. The first kappa shape index (κ1) is 41.0. The van der Waals surface area contributed by atoms with Gasteiger partial charge in [-0.2, -0.15) is 0 Å². The third kappa shape index (κ3) is 7.64. The van der Waals surface area contributed by atoms with Crippen molar-refractivity contribution < 1.29 is 0 Å². The molecule has 0 nitrogen and oxygen atoms in total. The topological polar surface area (TPSA) is 0 Å². The highest BCUT2D eigenvalue weighted by Crippen LogP contribution is 2.58. The maximum atomic E-state index is 2.68. The van der Waals surface area contributed by atoms with Gasteiger partial charge in [0.2, 0.25) is 0 Å². The largest absolute Gasteiger partial charge is 0.0654 e. The monoisotopic (exact) mass is 838 g/mol. The number of rotatable bonds is 14. The molecule has 65 heavy (non-hydrogen) atoms. The molecular formula is C65H58. The lowest BCUT2D eigenvalue weighted by atomic mass is 9.69. The normalized spacial score (nSPS) is 12.9. The zero-order valence-electron chi connectivity index (χ0n) is 38.0. The summed E-state index contributed by atoms with van der Waals surface area (Å²) in [5.74, 6) is 0. The summed E-state index contributed by atoms with van der Waals surface area (Å²) in [6.45, 7) is 4.68. The molecule has 10 aromatic rings. The smallest absolute Gasteiger partial charge is 0.0215 e. The van der Waals surface area contributed by atoms with Crippen LogP contribution in [0.5, 0.6) is 0 Å². The summed E-state index contributed by atoms with van der Waals surface area (Å²) in [7, 11) is 0. The summed E-state index contributed by atoms with van der Waals surface area (Å²) in [5.41, 5.74) is 16.1. The van der Waals surface area contributed by atoms with Crippen LogP contribution in [0.15, 0.2) is 194 Å². The molecule has 10 aromatic carbocycles. The van der Waals surface area contributed by atoms with Gasteiger partial charge in [-0.05, 0) is 171 Å². The quantitative estimate of drug-likeness (QED) is 0.0957. The molecule has 0 saturated carbocycles. The second-order valence-electron chi connectivity index (χ2n) is 18.8. The molecule has 1 aliphatic rings. The zero-order chi connectivity index (χ0) is 43.7. The first-order chi connectivity index (χ1) is 32.1. The molecule has 0 radical (unpaired) electrons. The van der Waals surface area contributed by atoms with Crippen molar-refractivity contribution >= 4 is 43.1 Å². The molecule has 0 heterocycles. The van der Waals surface area contributed by atoms with Gasteiger partial charge >= 0.3 is 0 Å². The van der Waals surface area contributed by atoms with E-state index >= 15 is 0 Å². The summed E-state index contributed by atoms with van der Waals surface area (Å²) in [5, 5.41) is 10.2. The van der Waals surface area contributed by atoms with Gasteiger partial charge in [-0.25, -0.2) is 0 Å². The minimum Gasteiger partial charge on any atom is -0.0654 e. The number of benzene rings is 10. The van der Waals surface area contributed by atoms with Crippen molar-refractivity contribution in [2.75, 3.05) is 0 Å². The molecule has 0 spiro atoms. The predicted molar refractivity (Wildman–Crippen MR) is 282 cm³/mol. The Morgan fingerprint density at radius 2 is 0.554 bits per heavy atom. The minimum atomic E-state index is -0.118. The molecule has 0 fully saturated rings. The molecule has 0 saturated heterocycles. The van der Waals surface area contributed by atoms with Crippen LogP contribution in [0.25, 0.3) is 98.7 Å². The van der Waals surface area contributed by atoms with E-state index in [1.807, 2.05) is 0 Å². The highest BCUT2D eigenvalue weighted by Gasteiger charge is 2.44. The van der Waals surface area contributed by atoms with Crippen molar-refractivity contribution in [3.63, 3.8) is 0 Å². The van der Waals surface area contributed by atoms with E-state index < -0.39 is 0 Å². The minimum absolute atomic E-state index is 0.118. The van der Waals surface area contributed by atoms with Gasteiger partial charge < -0.3 is 0 Å². The van der Waals surface area contributed by atoms with Crippen molar-refractivity contribution in [3.05, 3.63) is 205 Å². The van der Waals surface area contributed by atoms with E-state index in [2.05, 4.69) is 208 Å². The fourth-order valence-electron chi connectivity index (χ4n) is 11.3. The molecule has 0 aromatic heterocycles. The van der Waals surface area contributed by atoms with Crippen LogP contribution in [0.1, 0.15) is 89.2 Å². The maximum Gasteiger partial charge on any atom is 0.0215 e. The Hall–Kier alpha value is -6.76. The second kappa shape index (κ2) is 17.7. The van der Waals surface area contributed by atoms with Crippen molar-refractivity contribution in [1.29, 1.82) is 0 Å². The Morgan fingerprint density at radius 1 is 0.262 bits per heavy atom. The van der Waals surface area contributed by atoms with Gasteiger partial charge in [-0.1, -0.05) is 211 Å². The van der Waals surface area contributed by atoms with Crippen LogP contribution in [-0.2, 0) is 5.41 Å². The summed E-state index contributed by atoms with van der Waals surface area (Å²) in [6.07, 6.45) is 12.3. The van der Waals surface area contributed by atoms with E-state index in [0.29, 0.717) is 0 Å². The molecule has 0 amide bonds. The van der Waals surface area contributed by atoms with Gasteiger partial charge in [0.15, 0.2) is 0 Å². The van der Waals surface area contributed by atoms with Crippen molar-refractivity contribution in [1.82, 2.24) is 0 Å². The van der Waals surface area contributed by atoms with Crippen molar-refractivity contribution in [3.8, 4) is 55.6 Å². The summed E-state index contributed by atoms with van der Waals surface area (Å²) in [6, 6.07) is 74.3. The lowest BCUT2D eigenvalue weighted by Gasteiger charge is -2.34. The van der Waals surface area contributed by atoms with E-state index in [-0.39, 0.29) is 5.41 Å². The van der Waals surface area contributed by atoms with Crippen LogP contribution in [0, 0.1) is 0 Å². The van der Waals surface area contributed by atoms with Crippen LogP contribution >= 0.6 is 0 Å². The first-order valence-electron chi connectivity index (χ1n) is 24.4. The molecule has 11 rings (SSSR count). The number of fused-ring (bicyclic) bond motifs is 7. The Bertz CT molecular complexity index is 3140. The van der Waals surface area contributed by atoms with Crippen molar-refractivity contribution in [2.24, 2.45) is 0 Å². The number of hydrogen-bond acceptors (Lipinski definition) is 0. The number of hydrogen-bond donors (Lipinski definition) is 0. The number of unbranched alkanes of at least 4 members (excludes halogenated alkanes) is 6. The van der Waals surface area contributed by atoms with Gasteiger partial charge in [-0.15, -0.1) is 0 Å². The van der Waals surface area contributed by atoms with Crippen LogP contribution in [0.2, 0.25) is 0 Å². The van der Waals surface area contributed by atoms with E-state index in [1.165, 1.54) is 161 Å². The third-order valence-electron chi connectivity index (χ3n) is 14.8. The standard InChI is InChI=1S/C65H58/c1-3-5-7-17-35-65(36-18-8-6-4-2)63-43-59(55-33-29-47-21-11-15-25-51(47)39-55)57(53-31-27-45-19-9-13-23-49(45)37-53)41-61(63)62-42-58(54-32-28-46-20-10-14-24-50(46)38-54)60(44-64(62)65)56-34-30-48-22-12-16-26-52(48)40-56/h9-16,19-34,37-44H,3-8,17-18,35-36H2,1-2H3. The van der Waals surface area contributed by atoms with Crippen LogP contribution in [0.4, 0.5) is 0 Å². The van der Waals surface area contributed by atoms with Crippen molar-refractivity contribution in [2.45, 2.75) is 83.5 Å². The van der Waals surface area contributed by atoms with E-state index in [9.17, 15) is 0 Å². The summed E-state index contributed by atoms with van der Waals surface area (Å²) >= 11 is 0. The molecule has 318 valence electrons. The van der Waals surface area contributed by atoms with Gasteiger partial charge in [-0.3, -0.25) is 0 Å². The van der Waals surface area contributed by atoms with Crippen LogP contribution in [-0.4, -0.2) is 0 Å². The SMILES string of the molecule is CCCCCCC1(CCCCCC)c2cc(-c3ccc4ccccc4c3)c(-c3ccc4ccccc4c3)cc2-c2cc(-c3ccc4ccccc4c3)c(-c3ccc4ccccc4c3)cc21. The van der Waals surface area contributed by atoms with Gasteiger partial charge in [0, 0.05) is 5.41 Å². The predicted octanol–water partition coefficient (Wildman–Crippen LogP) is 19.2. The average Bonchev–Trinajstić information content (AvgIpc) is 3.62. The van der Waals surface area contributed by atoms with Gasteiger partial charge in [0.25, 0.3) is 0 Å². The Kier molecular flexibility index (Phi) is 11.1. The zero-order valence-corrected chi connectivity index (χ0v) is 38.0. The molecule has 0 unspecified atom stereocenters. The fraction of sp³-hybridized carbons (Fsp3) is 0.200. The second-order valence-corrected chi connectivity index (χ2v) is 18.8. The fourth-order valence-corrected chi connectivity index (χ4v) is 11.3. The Labute approximate surface area is 385 Å². The molecular weight excluding hydrogens is 781 g/mol. The summed E-state index contributed by atoms with van der Waals surface area (Å²) in [4.78, 5) is 0. The lowest BCUT2D eigenvalue weighted by molar-refractivity contribution is 0.401. The van der Waals surface area contributed by atoms with E-state index in [1.54, 1.807) is 0 Å². The van der Waals surface area contributed by atoms with E-state index in [4.69, 9.17) is 0 Å². The molecule has 0 atom stereocenters. The van der Waals surface area contributed by atoms with Gasteiger partial charge in [0.1, 0.15) is 0 Å². The molecule has 0 heteroatoms. The maximum absolute atomic E-state index is 2.68. The lowest BCUT2D eigenvalue weighted by Crippen LogP contribution is -2.26. The van der Waals surface area contributed by atoms with Crippen LogP contribution < -0.4 is 0 Å². The average molecular weight is 839 g/mol. The third-order valence-corrected chi connectivity index (χ3v) is 14.8. The molecule has 0 aliphatic heterocycles. The molecule has 0 N–H and O–H groups in total. The Balaban J connectivity index is 1.22. The molecule has 1 aliphatic carbocycles. The summed E-state index contributed by atoms with van der Waals surface area (Å²) < 4.78 is 0. The highest BCUT2D eigenvalue weighted by molar-refractivity contribution is 6.01. The van der Waals surface area contributed by atoms with E-state index in [0.717, 1.165) is 12.8 Å². The molecule has 0 bridgehead atoms. The Morgan fingerprint density at radius 3 is 0.862 bits per heavy atom.